The number of hydrogen-bond donors (Lipinski definition) is 1. The van der Waals surface area contributed by atoms with Crippen LogP contribution >= 0.6 is 0 Å². The van der Waals surface area contributed by atoms with Crippen LogP contribution in [0.5, 0.6) is 0 Å². The minimum Gasteiger partial charge on any atom is -0.306 e. The van der Waals surface area contributed by atoms with E-state index in [2.05, 4.69) is 61.5 Å². The molecule has 19 heavy (non-hydrogen) atoms. The second-order valence-corrected chi connectivity index (χ2v) is 5.03. The third-order valence-electron chi connectivity index (χ3n) is 3.79. The zero-order valence-corrected chi connectivity index (χ0v) is 12.3. The lowest BCUT2D eigenvalue weighted by atomic mass is 10.0. The molecule has 3 heteroatoms. The highest BCUT2D eigenvalue weighted by molar-refractivity contribution is 5.25. The summed E-state index contributed by atoms with van der Waals surface area (Å²) in [6, 6.07) is 11.0. The summed E-state index contributed by atoms with van der Waals surface area (Å²) in [5.41, 5.74) is 5.03. The normalized spacial score (nSPS) is 12.6. The highest BCUT2D eigenvalue weighted by Gasteiger charge is 2.12. The molecule has 0 saturated heterocycles. The molecule has 0 aliphatic rings. The maximum Gasteiger partial charge on any atom is 0.0641 e. The van der Waals surface area contributed by atoms with Crippen LogP contribution < -0.4 is 5.32 Å². The summed E-state index contributed by atoms with van der Waals surface area (Å²) in [6.07, 6.45) is 1.09. The van der Waals surface area contributed by atoms with Gasteiger partial charge in [-0.25, -0.2) is 0 Å². The molecular weight excluding hydrogens is 234 g/mol. The molecule has 2 aromatic rings. The van der Waals surface area contributed by atoms with Crippen molar-refractivity contribution in [3.8, 4) is 0 Å². The van der Waals surface area contributed by atoms with E-state index in [-0.39, 0.29) is 0 Å². The van der Waals surface area contributed by atoms with Crippen molar-refractivity contribution in [2.45, 2.75) is 39.8 Å². The van der Waals surface area contributed by atoms with Crippen molar-refractivity contribution in [1.29, 1.82) is 0 Å². The Balaban J connectivity index is 2.08. The lowest BCUT2D eigenvalue weighted by Gasteiger charge is -2.17. The molecule has 3 nitrogen and oxygen atoms in total. The summed E-state index contributed by atoms with van der Waals surface area (Å²) in [7, 11) is 2.00. The number of nitrogens with one attached hydrogen (secondary N) is 1. The number of aromatic nitrogens is 2. The SMILES string of the molecule is CCC(NCc1c(C)nn(C)c1C)c1ccccc1. The summed E-state index contributed by atoms with van der Waals surface area (Å²) < 4.78 is 1.95. The first-order chi connectivity index (χ1) is 9.13. The Morgan fingerprint density at radius 1 is 1.21 bits per heavy atom. The fourth-order valence-electron chi connectivity index (χ4n) is 2.48. The molecule has 1 aromatic heterocycles. The molecule has 0 bridgehead atoms. The first-order valence-corrected chi connectivity index (χ1v) is 6.90. The Labute approximate surface area is 115 Å². The predicted molar refractivity (Wildman–Crippen MR) is 79.0 cm³/mol. The zero-order valence-electron chi connectivity index (χ0n) is 12.3. The van der Waals surface area contributed by atoms with Crippen molar-refractivity contribution in [3.63, 3.8) is 0 Å². The smallest absolute Gasteiger partial charge is 0.0641 e. The number of benzene rings is 1. The first kappa shape index (κ1) is 13.8. The Kier molecular flexibility index (Phi) is 4.38. The molecule has 0 aliphatic heterocycles. The molecule has 0 radical (unpaired) electrons. The van der Waals surface area contributed by atoms with Gasteiger partial charge in [-0.1, -0.05) is 37.3 Å². The van der Waals surface area contributed by atoms with Gasteiger partial charge >= 0.3 is 0 Å². The Morgan fingerprint density at radius 3 is 2.42 bits per heavy atom. The van der Waals surface area contributed by atoms with E-state index >= 15 is 0 Å². The van der Waals surface area contributed by atoms with Gasteiger partial charge in [-0.05, 0) is 25.8 Å². The van der Waals surface area contributed by atoms with Gasteiger partial charge in [0.2, 0.25) is 0 Å². The highest BCUT2D eigenvalue weighted by atomic mass is 15.3. The van der Waals surface area contributed by atoms with Crippen molar-refractivity contribution in [2.24, 2.45) is 7.05 Å². The molecule has 102 valence electrons. The van der Waals surface area contributed by atoms with Gasteiger partial charge in [0.05, 0.1) is 5.69 Å². The molecule has 0 spiro atoms. The second kappa shape index (κ2) is 6.02. The number of rotatable bonds is 5. The molecule has 0 fully saturated rings. The third kappa shape index (κ3) is 3.04. The van der Waals surface area contributed by atoms with Crippen LogP contribution in [-0.4, -0.2) is 9.78 Å². The van der Waals surface area contributed by atoms with Gasteiger partial charge < -0.3 is 5.32 Å². The van der Waals surface area contributed by atoms with E-state index in [1.807, 2.05) is 11.7 Å². The van der Waals surface area contributed by atoms with Crippen LogP contribution in [0, 0.1) is 13.8 Å². The molecule has 2 rings (SSSR count). The second-order valence-electron chi connectivity index (χ2n) is 5.03. The van der Waals surface area contributed by atoms with Crippen LogP contribution in [0.1, 0.15) is 41.9 Å². The fraction of sp³-hybridized carbons (Fsp3) is 0.438. The fourth-order valence-corrected chi connectivity index (χ4v) is 2.48. The van der Waals surface area contributed by atoms with Crippen molar-refractivity contribution in [1.82, 2.24) is 15.1 Å². The molecule has 0 amide bonds. The van der Waals surface area contributed by atoms with E-state index in [0.717, 1.165) is 18.7 Å². The molecule has 0 saturated carbocycles. The Bertz CT molecular complexity index is 528. The lowest BCUT2D eigenvalue weighted by Crippen LogP contribution is -2.20. The summed E-state index contributed by atoms with van der Waals surface area (Å²) in [5, 5.41) is 8.11. The number of aryl methyl sites for hydroxylation is 2. The lowest BCUT2D eigenvalue weighted by molar-refractivity contribution is 0.517. The monoisotopic (exact) mass is 257 g/mol. The average Bonchev–Trinajstić information content (AvgIpc) is 2.66. The number of nitrogens with zero attached hydrogens (tertiary/aromatic N) is 2. The quantitative estimate of drug-likeness (QED) is 0.891. The van der Waals surface area contributed by atoms with Crippen LogP contribution in [0.25, 0.3) is 0 Å². The zero-order chi connectivity index (χ0) is 13.8. The minimum absolute atomic E-state index is 0.403. The van der Waals surface area contributed by atoms with Crippen LogP contribution in [-0.2, 0) is 13.6 Å². The van der Waals surface area contributed by atoms with E-state index in [1.54, 1.807) is 0 Å². The molecular formula is C16H23N3. The summed E-state index contributed by atoms with van der Waals surface area (Å²) in [6.45, 7) is 7.29. The van der Waals surface area contributed by atoms with Crippen molar-refractivity contribution in [3.05, 3.63) is 52.8 Å². The Morgan fingerprint density at radius 2 is 1.89 bits per heavy atom. The predicted octanol–water partition coefficient (Wildman–Crippen LogP) is 3.28. The minimum atomic E-state index is 0.403. The molecule has 1 heterocycles. The first-order valence-electron chi connectivity index (χ1n) is 6.90. The number of hydrogen-bond acceptors (Lipinski definition) is 2. The van der Waals surface area contributed by atoms with E-state index in [0.29, 0.717) is 6.04 Å². The maximum absolute atomic E-state index is 4.46. The molecule has 0 aliphatic carbocycles. The standard InChI is InChI=1S/C16H23N3/c1-5-16(14-9-7-6-8-10-14)17-11-15-12(2)18-19(4)13(15)3/h6-10,16-17H,5,11H2,1-4H3. The average molecular weight is 257 g/mol. The maximum atomic E-state index is 4.46. The van der Waals surface area contributed by atoms with E-state index in [9.17, 15) is 0 Å². The van der Waals surface area contributed by atoms with Crippen molar-refractivity contribution in [2.75, 3.05) is 0 Å². The Hall–Kier alpha value is -1.61. The van der Waals surface area contributed by atoms with Crippen molar-refractivity contribution >= 4 is 0 Å². The van der Waals surface area contributed by atoms with Gasteiger partial charge in [0.1, 0.15) is 0 Å². The van der Waals surface area contributed by atoms with Gasteiger partial charge in [-0.2, -0.15) is 5.10 Å². The molecule has 1 N–H and O–H groups in total. The van der Waals surface area contributed by atoms with Gasteiger partial charge in [-0.15, -0.1) is 0 Å². The van der Waals surface area contributed by atoms with Gasteiger partial charge in [-0.3, -0.25) is 4.68 Å². The van der Waals surface area contributed by atoms with E-state index < -0.39 is 0 Å². The molecule has 1 aromatic carbocycles. The summed E-state index contributed by atoms with van der Waals surface area (Å²) >= 11 is 0. The summed E-state index contributed by atoms with van der Waals surface area (Å²) in [4.78, 5) is 0. The van der Waals surface area contributed by atoms with E-state index in [1.165, 1.54) is 16.8 Å². The van der Waals surface area contributed by atoms with Crippen molar-refractivity contribution < 1.29 is 0 Å². The summed E-state index contributed by atoms with van der Waals surface area (Å²) in [5.74, 6) is 0. The highest BCUT2D eigenvalue weighted by Crippen LogP contribution is 2.18. The van der Waals surface area contributed by atoms with Gasteiger partial charge in [0.25, 0.3) is 0 Å². The van der Waals surface area contributed by atoms with E-state index in [4.69, 9.17) is 0 Å². The topological polar surface area (TPSA) is 29.9 Å². The van der Waals surface area contributed by atoms with Gasteiger partial charge in [0.15, 0.2) is 0 Å². The molecule has 1 atom stereocenters. The van der Waals surface area contributed by atoms with Crippen LogP contribution in [0.4, 0.5) is 0 Å². The van der Waals surface area contributed by atoms with Gasteiger partial charge in [0, 0.05) is 30.9 Å². The largest absolute Gasteiger partial charge is 0.306 e. The van der Waals surface area contributed by atoms with Crippen LogP contribution in [0.2, 0.25) is 0 Å². The van der Waals surface area contributed by atoms with Crippen LogP contribution in [0.3, 0.4) is 0 Å². The molecule has 1 unspecified atom stereocenters. The third-order valence-corrected chi connectivity index (χ3v) is 3.79. The van der Waals surface area contributed by atoms with Crippen LogP contribution in [0.15, 0.2) is 30.3 Å².